The zero-order chi connectivity index (χ0) is 9.42. The predicted molar refractivity (Wildman–Crippen MR) is 50.8 cm³/mol. The van der Waals surface area contributed by atoms with Crippen LogP contribution in [0.4, 0.5) is 0 Å². The summed E-state index contributed by atoms with van der Waals surface area (Å²) in [6.45, 7) is 0. The molecule has 2 rings (SSSR count). The minimum atomic E-state index is -0.697. The molecule has 0 fully saturated rings. The van der Waals surface area contributed by atoms with Gasteiger partial charge in [0, 0.05) is 5.56 Å². The molecule has 0 bridgehead atoms. The van der Waals surface area contributed by atoms with Gasteiger partial charge in [0.15, 0.2) is 5.16 Å². The van der Waals surface area contributed by atoms with Gasteiger partial charge in [-0.2, -0.15) is 0 Å². The Morgan fingerprint density at radius 3 is 3.00 bits per heavy atom. The van der Waals surface area contributed by atoms with Crippen LogP contribution in [0, 0.1) is 0 Å². The van der Waals surface area contributed by atoms with E-state index in [1.165, 1.54) is 0 Å². The maximum absolute atomic E-state index is 10.7. The summed E-state index contributed by atoms with van der Waals surface area (Å²) in [5.41, 5.74) is 8.73. The number of fused-ring (bicyclic) bond motifs is 1. The Morgan fingerprint density at radius 1 is 1.54 bits per heavy atom. The van der Waals surface area contributed by atoms with E-state index in [2.05, 4.69) is 22.6 Å². The van der Waals surface area contributed by atoms with Gasteiger partial charge in [0.2, 0.25) is 0 Å². The minimum Gasteiger partial charge on any atom is -0.333 e. The van der Waals surface area contributed by atoms with Gasteiger partial charge in [-0.25, -0.2) is 4.98 Å². The zero-order valence-electron chi connectivity index (χ0n) is 6.53. The van der Waals surface area contributed by atoms with Crippen molar-refractivity contribution in [3.8, 4) is 0 Å². The molecular weight excluding hydrogens is 186 g/mol. The molecule has 0 spiro atoms. The number of amides is 1. The highest BCUT2D eigenvalue weighted by Crippen LogP contribution is 2.14. The van der Waals surface area contributed by atoms with Gasteiger partial charge < -0.3 is 4.98 Å². The lowest BCUT2D eigenvalue weighted by Crippen LogP contribution is -1.97. The van der Waals surface area contributed by atoms with Crippen molar-refractivity contribution in [2.75, 3.05) is 0 Å². The summed E-state index contributed by atoms with van der Waals surface area (Å²) in [5, 5.41) is 0.504. The van der Waals surface area contributed by atoms with E-state index in [-0.39, 0.29) is 0 Å². The van der Waals surface area contributed by atoms with Gasteiger partial charge in [0.25, 0.3) is 5.91 Å². The molecule has 1 aromatic heterocycles. The number of thiol groups is 1. The van der Waals surface area contributed by atoms with Gasteiger partial charge in [-0.15, -0.1) is 12.6 Å². The van der Waals surface area contributed by atoms with Crippen molar-refractivity contribution in [2.24, 2.45) is 0 Å². The minimum absolute atomic E-state index is 0.351. The van der Waals surface area contributed by atoms with Crippen LogP contribution in [-0.4, -0.2) is 15.9 Å². The molecule has 0 aliphatic rings. The Labute approximate surface area is 79.6 Å². The van der Waals surface area contributed by atoms with E-state index in [1.54, 1.807) is 18.2 Å². The Balaban J connectivity index is 2.67. The van der Waals surface area contributed by atoms with Gasteiger partial charge in [0.1, 0.15) is 0 Å². The Hall–Kier alpha value is -1.49. The first-order valence-corrected chi connectivity index (χ1v) is 4.06. The lowest BCUT2D eigenvalue weighted by Gasteiger charge is -1.92. The number of aromatic nitrogens is 2. The summed E-state index contributed by atoms with van der Waals surface area (Å²) in [5.74, 6) is -0.697. The van der Waals surface area contributed by atoms with E-state index in [1.807, 2.05) is 0 Å². The molecule has 5 heteroatoms. The number of aromatic amines is 1. The third kappa shape index (κ3) is 1.38. The molecule has 0 atom stereocenters. The van der Waals surface area contributed by atoms with Gasteiger partial charge in [-0.1, -0.05) is 0 Å². The number of nitrogens with one attached hydrogen (secondary N) is 2. The second-order valence-electron chi connectivity index (χ2n) is 2.62. The fourth-order valence-electron chi connectivity index (χ4n) is 1.14. The SMILES string of the molecule is [NH]C(=O)c1ccc2nc(S)[nH]c2c1. The van der Waals surface area contributed by atoms with Crippen LogP contribution in [0.25, 0.3) is 11.0 Å². The summed E-state index contributed by atoms with van der Waals surface area (Å²) in [7, 11) is 0. The van der Waals surface area contributed by atoms with Gasteiger partial charge in [-0.05, 0) is 18.2 Å². The quantitative estimate of drug-likeness (QED) is 0.668. The normalized spacial score (nSPS) is 10.5. The summed E-state index contributed by atoms with van der Waals surface area (Å²) >= 11 is 4.03. The average molecular weight is 192 g/mol. The number of carbonyl (C=O) groups is 1. The fourth-order valence-corrected chi connectivity index (χ4v) is 1.37. The number of hydrogen-bond acceptors (Lipinski definition) is 3. The second-order valence-corrected chi connectivity index (χ2v) is 3.05. The molecule has 1 amide bonds. The molecular formula is C8H6N3OS. The first kappa shape index (κ1) is 8.12. The van der Waals surface area contributed by atoms with E-state index in [9.17, 15) is 4.79 Å². The number of hydrogen-bond donors (Lipinski definition) is 2. The first-order chi connectivity index (χ1) is 6.16. The molecule has 0 aliphatic heterocycles. The third-order valence-electron chi connectivity index (χ3n) is 1.73. The lowest BCUT2D eigenvalue weighted by atomic mass is 10.2. The van der Waals surface area contributed by atoms with E-state index >= 15 is 0 Å². The monoisotopic (exact) mass is 192 g/mol. The predicted octanol–water partition coefficient (Wildman–Crippen LogP) is 1.27. The molecule has 1 radical (unpaired) electrons. The number of H-pyrrole nitrogens is 1. The van der Waals surface area contributed by atoms with Crippen molar-refractivity contribution in [1.82, 2.24) is 15.7 Å². The van der Waals surface area contributed by atoms with Crippen LogP contribution in [0.1, 0.15) is 10.4 Å². The zero-order valence-corrected chi connectivity index (χ0v) is 7.43. The number of imidazole rings is 1. The van der Waals surface area contributed by atoms with Crippen molar-refractivity contribution >= 4 is 29.6 Å². The van der Waals surface area contributed by atoms with Gasteiger partial charge >= 0.3 is 0 Å². The average Bonchev–Trinajstić information content (AvgIpc) is 2.42. The highest BCUT2D eigenvalue weighted by molar-refractivity contribution is 7.80. The highest BCUT2D eigenvalue weighted by Gasteiger charge is 2.04. The van der Waals surface area contributed by atoms with Crippen LogP contribution in [0.5, 0.6) is 0 Å². The molecule has 2 aromatic rings. The molecule has 13 heavy (non-hydrogen) atoms. The maximum Gasteiger partial charge on any atom is 0.269 e. The molecule has 0 unspecified atom stereocenters. The van der Waals surface area contributed by atoms with Crippen LogP contribution in [0.15, 0.2) is 23.4 Å². The summed E-state index contributed by atoms with van der Waals surface area (Å²) in [6, 6.07) is 4.86. The topological polar surface area (TPSA) is 69.6 Å². The van der Waals surface area contributed by atoms with Crippen molar-refractivity contribution in [3.63, 3.8) is 0 Å². The van der Waals surface area contributed by atoms with Gasteiger partial charge in [0.05, 0.1) is 11.0 Å². The van der Waals surface area contributed by atoms with Crippen LogP contribution < -0.4 is 5.73 Å². The number of carbonyl (C=O) groups excluding carboxylic acids is 1. The van der Waals surface area contributed by atoms with Crippen molar-refractivity contribution in [2.45, 2.75) is 5.16 Å². The van der Waals surface area contributed by atoms with Crippen molar-refractivity contribution in [1.29, 1.82) is 0 Å². The third-order valence-corrected chi connectivity index (χ3v) is 1.94. The summed E-state index contributed by atoms with van der Waals surface area (Å²) in [6.07, 6.45) is 0. The molecule has 1 aromatic carbocycles. The molecule has 0 saturated heterocycles. The van der Waals surface area contributed by atoms with Crippen molar-refractivity contribution < 1.29 is 4.79 Å². The van der Waals surface area contributed by atoms with Crippen LogP contribution in [0.2, 0.25) is 0 Å². The Kier molecular flexibility index (Phi) is 1.73. The highest BCUT2D eigenvalue weighted by atomic mass is 32.1. The van der Waals surface area contributed by atoms with E-state index < -0.39 is 5.91 Å². The second kappa shape index (κ2) is 2.77. The lowest BCUT2D eigenvalue weighted by molar-refractivity contribution is 0.0992. The molecule has 2 N–H and O–H groups in total. The maximum atomic E-state index is 10.7. The standard InChI is InChI=1S/C8H6N3OS/c9-7(12)4-1-2-5-6(3-4)11-8(13)10-5/h1-3,9H,(H2,10,11,13). The molecule has 4 nitrogen and oxygen atoms in total. The summed E-state index contributed by atoms with van der Waals surface area (Å²) in [4.78, 5) is 17.6. The first-order valence-electron chi connectivity index (χ1n) is 3.61. The number of nitrogens with zero attached hydrogens (tertiary/aromatic N) is 1. The molecule has 0 saturated carbocycles. The van der Waals surface area contributed by atoms with Gasteiger partial charge in [-0.3, -0.25) is 10.5 Å². The fraction of sp³-hybridized carbons (Fsp3) is 0. The van der Waals surface area contributed by atoms with E-state index in [0.29, 0.717) is 10.7 Å². The molecule has 65 valence electrons. The number of rotatable bonds is 1. The van der Waals surface area contributed by atoms with Crippen LogP contribution in [0.3, 0.4) is 0 Å². The summed E-state index contributed by atoms with van der Waals surface area (Å²) < 4.78 is 0. The van der Waals surface area contributed by atoms with Crippen LogP contribution >= 0.6 is 12.6 Å². The van der Waals surface area contributed by atoms with E-state index in [4.69, 9.17) is 5.73 Å². The largest absolute Gasteiger partial charge is 0.333 e. The molecule has 1 heterocycles. The Morgan fingerprint density at radius 2 is 2.31 bits per heavy atom. The Bertz CT molecular complexity index is 477. The van der Waals surface area contributed by atoms with Crippen LogP contribution in [-0.2, 0) is 0 Å². The number of benzene rings is 1. The molecule has 0 aliphatic carbocycles. The van der Waals surface area contributed by atoms with E-state index in [0.717, 1.165) is 11.0 Å². The smallest absolute Gasteiger partial charge is 0.269 e. The van der Waals surface area contributed by atoms with Crippen molar-refractivity contribution in [3.05, 3.63) is 23.8 Å².